The lowest BCUT2D eigenvalue weighted by Crippen LogP contribution is -2.59. The minimum absolute atomic E-state index is 0.209. The van der Waals surface area contributed by atoms with E-state index in [1.165, 1.54) is 0 Å². The summed E-state index contributed by atoms with van der Waals surface area (Å²) in [6.07, 6.45) is 2.16. The van der Waals surface area contributed by atoms with E-state index >= 15 is 0 Å². The van der Waals surface area contributed by atoms with Crippen molar-refractivity contribution in [2.24, 2.45) is 0 Å². The minimum atomic E-state index is -1.02. The average molecular weight is 261 g/mol. The highest BCUT2D eigenvalue weighted by atomic mass is 16.4. The predicted octanol–water partition coefficient (Wildman–Crippen LogP) is 1.97. The summed E-state index contributed by atoms with van der Waals surface area (Å²) in [5.74, 6) is -1.13. The molecule has 1 saturated carbocycles. The maximum absolute atomic E-state index is 12.1. The Hall–Kier alpha value is -1.84. The number of hydrogen-bond acceptors (Lipinski definition) is 2. The second kappa shape index (κ2) is 5.03. The molecule has 0 aromatic heterocycles. The number of carbonyl (C=O) groups is 2. The smallest absolute Gasteiger partial charge is 0.329 e. The SMILES string of the molecule is Cc1cccc(C)c1CC(=O)NC1(C(=O)O)CCC1. The van der Waals surface area contributed by atoms with E-state index in [0.717, 1.165) is 23.1 Å². The summed E-state index contributed by atoms with van der Waals surface area (Å²) >= 11 is 0. The summed E-state index contributed by atoms with van der Waals surface area (Å²) < 4.78 is 0. The van der Waals surface area contributed by atoms with Gasteiger partial charge in [-0.15, -0.1) is 0 Å². The van der Waals surface area contributed by atoms with Crippen LogP contribution in [0.4, 0.5) is 0 Å². The first-order valence-electron chi connectivity index (χ1n) is 6.54. The van der Waals surface area contributed by atoms with E-state index < -0.39 is 11.5 Å². The van der Waals surface area contributed by atoms with Crippen LogP contribution in [-0.2, 0) is 16.0 Å². The van der Waals surface area contributed by atoms with Crippen molar-refractivity contribution in [1.29, 1.82) is 0 Å². The number of rotatable bonds is 4. The van der Waals surface area contributed by atoms with Crippen LogP contribution < -0.4 is 5.32 Å². The molecule has 1 aromatic rings. The lowest BCUT2D eigenvalue weighted by molar-refractivity contribution is -0.151. The van der Waals surface area contributed by atoms with Crippen LogP contribution in [0.1, 0.15) is 36.0 Å². The number of carboxylic acids is 1. The van der Waals surface area contributed by atoms with Gasteiger partial charge in [0.2, 0.25) is 5.91 Å². The predicted molar refractivity (Wildman–Crippen MR) is 72.0 cm³/mol. The number of aliphatic carboxylic acids is 1. The summed E-state index contributed by atoms with van der Waals surface area (Å²) in [5, 5.41) is 11.9. The zero-order valence-corrected chi connectivity index (χ0v) is 11.3. The molecule has 1 aliphatic rings. The minimum Gasteiger partial charge on any atom is -0.480 e. The van der Waals surface area contributed by atoms with Crippen LogP contribution in [0, 0.1) is 13.8 Å². The zero-order valence-electron chi connectivity index (χ0n) is 11.3. The Bertz CT molecular complexity index is 498. The number of carbonyl (C=O) groups excluding carboxylic acids is 1. The molecule has 1 amide bonds. The third kappa shape index (κ3) is 2.62. The molecule has 102 valence electrons. The third-order valence-electron chi connectivity index (χ3n) is 3.98. The van der Waals surface area contributed by atoms with Gasteiger partial charge in [0, 0.05) is 0 Å². The van der Waals surface area contributed by atoms with Gasteiger partial charge in [0.25, 0.3) is 0 Å². The quantitative estimate of drug-likeness (QED) is 0.870. The molecule has 0 aliphatic heterocycles. The van der Waals surface area contributed by atoms with Gasteiger partial charge in [0.15, 0.2) is 0 Å². The van der Waals surface area contributed by atoms with Gasteiger partial charge in [-0.05, 0) is 49.8 Å². The topological polar surface area (TPSA) is 66.4 Å². The van der Waals surface area contributed by atoms with E-state index in [-0.39, 0.29) is 12.3 Å². The van der Waals surface area contributed by atoms with Gasteiger partial charge >= 0.3 is 5.97 Å². The van der Waals surface area contributed by atoms with E-state index in [9.17, 15) is 14.7 Å². The lowest BCUT2D eigenvalue weighted by Gasteiger charge is -2.38. The second-order valence-electron chi connectivity index (χ2n) is 5.34. The van der Waals surface area contributed by atoms with Crippen LogP contribution >= 0.6 is 0 Å². The zero-order chi connectivity index (χ0) is 14.0. The van der Waals surface area contributed by atoms with Crippen LogP contribution in [0.15, 0.2) is 18.2 Å². The standard InChI is InChI=1S/C15H19NO3/c1-10-5-3-6-11(2)12(10)9-13(17)16-15(14(18)19)7-4-8-15/h3,5-6H,4,7-9H2,1-2H3,(H,16,17)(H,18,19). The summed E-state index contributed by atoms with van der Waals surface area (Å²) in [5.41, 5.74) is 2.09. The fraction of sp³-hybridized carbons (Fsp3) is 0.467. The van der Waals surface area contributed by atoms with Gasteiger partial charge in [-0.2, -0.15) is 0 Å². The molecule has 19 heavy (non-hydrogen) atoms. The number of aryl methyl sites for hydroxylation is 2. The van der Waals surface area contributed by atoms with Gasteiger partial charge in [-0.25, -0.2) is 4.79 Å². The molecule has 0 saturated heterocycles. The van der Waals surface area contributed by atoms with E-state index in [1.807, 2.05) is 32.0 Å². The summed E-state index contributed by atoms with van der Waals surface area (Å²) in [6.45, 7) is 3.93. The molecule has 2 N–H and O–H groups in total. The molecule has 0 radical (unpaired) electrons. The van der Waals surface area contributed by atoms with E-state index in [4.69, 9.17) is 0 Å². The first kappa shape index (κ1) is 13.6. The van der Waals surface area contributed by atoms with E-state index in [1.54, 1.807) is 0 Å². The Labute approximate surface area is 112 Å². The first-order valence-corrected chi connectivity index (χ1v) is 6.54. The van der Waals surface area contributed by atoms with Gasteiger partial charge in [-0.1, -0.05) is 18.2 Å². The Balaban J connectivity index is 2.08. The summed E-state index contributed by atoms with van der Waals surface area (Å²) in [6, 6.07) is 5.88. The van der Waals surface area contributed by atoms with Crippen molar-refractivity contribution in [3.63, 3.8) is 0 Å². The highest BCUT2D eigenvalue weighted by Crippen LogP contribution is 2.32. The Morgan fingerprint density at radius 1 is 1.26 bits per heavy atom. The fourth-order valence-electron chi connectivity index (χ4n) is 2.52. The van der Waals surface area contributed by atoms with Crippen molar-refractivity contribution in [2.75, 3.05) is 0 Å². The monoisotopic (exact) mass is 261 g/mol. The Morgan fingerprint density at radius 2 is 1.84 bits per heavy atom. The van der Waals surface area contributed by atoms with E-state index in [2.05, 4.69) is 5.32 Å². The molecule has 1 aromatic carbocycles. The first-order chi connectivity index (χ1) is 8.94. The Morgan fingerprint density at radius 3 is 2.26 bits per heavy atom. The van der Waals surface area contributed by atoms with Crippen LogP contribution in [0.5, 0.6) is 0 Å². The molecular weight excluding hydrogens is 242 g/mol. The van der Waals surface area contributed by atoms with E-state index in [0.29, 0.717) is 12.8 Å². The van der Waals surface area contributed by atoms with Gasteiger partial charge < -0.3 is 10.4 Å². The molecule has 0 spiro atoms. The summed E-state index contributed by atoms with van der Waals surface area (Å²) in [4.78, 5) is 23.3. The highest BCUT2D eigenvalue weighted by Gasteiger charge is 2.45. The molecule has 1 aliphatic carbocycles. The highest BCUT2D eigenvalue weighted by molar-refractivity contribution is 5.89. The normalized spacial score (nSPS) is 16.5. The van der Waals surface area contributed by atoms with Crippen LogP contribution in [0.25, 0.3) is 0 Å². The molecule has 4 nitrogen and oxygen atoms in total. The van der Waals surface area contributed by atoms with Crippen LogP contribution in [0.3, 0.4) is 0 Å². The molecule has 0 atom stereocenters. The van der Waals surface area contributed by atoms with Crippen molar-refractivity contribution in [3.05, 3.63) is 34.9 Å². The average Bonchev–Trinajstić information content (AvgIpc) is 2.28. The molecule has 4 heteroatoms. The largest absolute Gasteiger partial charge is 0.480 e. The van der Waals surface area contributed by atoms with Crippen molar-refractivity contribution >= 4 is 11.9 Å². The van der Waals surface area contributed by atoms with Gasteiger partial charge in [-0.3, -0.25) is 4.79 Å². The van der Waals surface area contributed by atoms with Crippen molar-refractivity contribution in [2.45, 2.75) is 45.1 Å². The van der Waals surface area contributed by atoms with Crippen molar-refractivity contribution < 1.29 is 14.7 Å². The third-order valence-corrected chi connectivity index (χ3v) is 3.98. The number of amides is 1. The van der Waals surface area contributed by atoms with Crippen molar-refractivity contribution in [3.8, 4) is 0 Å². The molecule has 1 fully saturated rings. The number of benzene rings is 1. The Kier molecular flexibility index (Phi) is 3.60. The molecule has 0 heterocycles. The fourth-order valence-corrected chi connectivity index (χ4v) is 2.52. The molecule has 0 bridgehead atoms. The summed E-state index contributed by atoms with van der Waals surface area (Å²) in [7, 11) is 0. The molecular formula is C15H19NO3. The van der Waals surface area contributed by atoms with Gasteiger partial charge in [0.05, 0.1) is 6.42 Å². The molecule has 2 rings (SSSR count). The number of carboxylic acid groups (broad SMARTS) is 1. The van der Waals surface area contributed by atoms with Crippen molar-refractivity contribution in [1.82, 2.24) is 5.32 Å². The maximum atomic E-state index is 12.1. The number of hydrogen-bond donors (Lipinski definition) is 2. The van der Waals surface area contributed by atoms with Crippen LogP contribution in [0.2, 0.25) is 0 Å². The lowest BCUT2D eigenvalue weighted by atomic mass is 9.76. The van der Waals surface area contributed by atoms with Gasteiger partial charge in [0.1, 0.15) is 5.54 Å². The second-order valence-corrected chi connectivity index (χ2v) is 5.34. The maximum Gasteiger partial charge on any atom is 0.329 e. The molecule has 0 unspecified atom stereocenters. The van der Waals surface area contributed by atoms with Crippen LogP contribution in [-0.4, -0.2) is 22.5 Å². The number of nitrogens with one attached hydrogen (secondary N) is 1.